The van der Waals surface area contributed by atoms with E-state index in [1.807, 2.05) is 0 Å². The molecule has 0 saturated heterocycles. The van der Waals surface area contributed by atoms with Crippen LogP contribution in [0.15, 0.2) is 11.0 Å². The van der Waals surface area contributed by atoms with E-state index in [2.05, 4.69) is 4.98 Å². The van der Waals surface area contributed by atoms with Gasteiger partial charge in [0, 0.05) is 6.20 Å². The summed E-state index contributed by atoms with van der Waals surface area (Å²) in [5, 5.41) is 8.41. The smallest absolute Gasteiger partial charge is 0.270 e. The zero-order valence-electron chi connectivity index (χ0n) is 6.75. The molecule has 1 heterocycles. The summed E-state index contributed by atoms with van der Waals surface area (Å²) in [5.74, 6) is 0. The quantitative estimate of drug-likeness (QED) is 0.720. The molecule has 0 aliphatic rings. The Labute approximate surface area is 76.8 Å². The van der Waals surface area contributed by atoms with Gasteiger partial charge in [0.15, 0.2) is 6.29 Å². The molecule has 72 valence electrons. The lowest BCUT2D eigenvalue weighted by atomic mass is 10.1. The van der Waals surface area contributed by atoms with Gasteiger partial charge in [0.05, 0.1) is 5.56 Å². The summed E-state index contributed by atoms with van der Waals surface area (Å²) in [7, 11) is 0. The minimum absolute atomic E-state index is 0.159. The van der Waals surface area contributed by atoms with Crippen LogP contribution in [0.25, 0.3) is 0 Å². The van der Waals surface area contributed by atoms with E-state index in [-0.39, 0.29) is 6.29 Å². The largest absolute Gasteiger partial charge is 0.352 e. The molecule has 14 heavy (non-hydrogen) atoms. The number of hydrogen-bond acceptors (Lipinski definition) is 3. The van der Waals surface area contributed by atoms with Crippen LogP contribution in [0, 0.1) is 11.3 Å². The van der Waals surface area contributed by atoms with Crippen LogP contribution in [-0.4, -0.2) is 11.3 Å². The number of carbonyl (C=O) groups is 1. The first-order chi connectivity index (χ1) is 6.61. The number of hydrogen-bond donors (Lipinski definition) is 1. The third-order valence-corrected chi connectivity index (χ3v) is 1.61. The van der Waals surface area contributed by atoms with E-state index in [1.165, 1.54) is 6.07 Å². The minimum atomic E-state index is -3.08. The summed E-state index contributed by atoms with van der Waals surface area (Å²) in [6.45, 7) is 0. The van der Waals surface area contributed by atoms with E-state index in [9.17, 15) is 18.4 Å². The Kier molecular flexibility index (Phi) is 2.72. The van der Waals surface area contributed by atoms with Gasteiger partial charge in [0.2, 0.25) is 5.43 Å². The van der Waals surface area contributed by atoms with Crippen molar-refractivity contribution in [1.82, 2.24) is 4.98 Å². The molecule has 6 heteroatoms. The van der Waals surface area contributed by atoms with Crippen LogP contribution in [0.2, 0.25) is 0 Å². The molecular weight excluding hydrogens is 194 g/mol. The molecule has 1 aromatic heterocycles. The van der Waals surface area contributed by atoms with Gasteiger partial charge in [-0.15, -0.1) is 0 Å². The highest BCUT2D eigenvalue weighted by Crippen LogP contribution is 2.17. The maximum Gasteiger partial charge on any atom is 0.270 e. The molecule has 0 unspecified atom stereocenters. The van der Waals surface area contributed by atoms with Crippen molar-refractivity contribution >= 4 is 6.29 Å². The van der Waals surface area contributed by atoms with Crippen molar-refractivity contribution in [1.29, 1.82) is 5.26 Å². The SMILES string of the molecule is N#Cc1[nH]cc(C=O)c(=O)c1C(F)F. The molecular formula is C8H4F2N2O2. The average Bonchev–Trinajstić information content (AvgIpc) is 2.16. The Bertz CT molecular complexity index is 459. The number of pyridine rings is 1. The molecule has 1 aromatic rings. The number of aldehydes is 1. The van der Waals surface area contributed by atoms with Crippen molar-refractivity contribution in [2.45, 2.75) is 6.43 Å². The van der Waals surface area contributed by atoms with Crippen molar-refractivity contribution < 1.29 is 13.6 Å². The van der Waals surface area contributed by atoms with Crippen molar-refractivity contribution in [2.75, 3.05) is 0 Å². The number of nitrogens with one attached hydrogen (secondary N) is 1. The Hall–Kier alpha value is -2.03. The molecule has 0 spiro atoms. The van der Waals surface area contributed by atoms with Crippen LogP contribution in [0.4, 0.5) is 8.78 Å². The first-order valence-corrected chi connectivity index (χ1v) is 3.50. The average molecular weight is 198 g/mol. The summed E-state index contributed by atoms with van der Waals surface area (Å²) in [6, 6.07) is 1.42. The maximum atomic E-state index is 12.3. The van der Waals surface area contributed by atoms with Crippen molar-refractivity contribution in [3.63, 3.8) is 0 Å². The topological polar surface area (TPSA) is 73.7 Å². The number of nitrogens with zero attached hydrogens (tertiary/aromatic N) is 1. The van der Waals surface area contributed by atoms with E-state index in [4.69, 9.17) is 5.26 Å². The molecule has 0 aromatic carbocycles. The second-order valence-corrected chi connectivity index (χ2v) is 2.39. The van der Waals surface area contributed by atoms with Gasteiger partial charge >= 0.3 is 0 Å². The molecule has 0 radical (unpaired) electrons. The van der Waals surface area contributed by atoms with Gasteiger partial charge in [0.1, 0.15) is 17.3 Å². The summed E-state index contributed by atoms with van der Waals surface area (Å²) >= 11 is 0. The first-order valence-electron chi connectivity index (χ1n) is 3.50. The lowest BCUT2D eigenvalue weighted by Crippen LogP contribution is -2.17. The van der Waals surface area contributed by atoms with Gasteiger partial charge in [-0.1, -0.05) is 0 Å². The number of halogens is 2. The number of alkyl halides is 2. The molecule has 0 bridgehead atoms. The Morgan fingerprint density at radius 3 is 2.64 bits per heavy atom. The number of carbonyl (C=O) groups excluding carboxylic acids is 1. The van der Waals surface area contributed by atoms with E-state index < -0.39 is 28.7 Å². The normalized spacial score (nSPS) is 9.86. The van der Waals surface area contributed by atoms with Gasteiger partial charge in [-0.2, -0.15) is 5.26 Å². The monoisotopic (exact) mass is 198 g/mol. The van der Waals surface area contributed by atoms with Crippen molar-refractivity contribution in [3.05, 3.63) is 33.2 Å². The predicted octanol–water partition coefficient (Wildman–Crippen LogP) is 0.997. The number of H-pyrrole nitrogens is 1. The second-order valence-electron chi connectivity index (χ2n) is 2.39. The summed E-state index contributed by atoms with van der Waals surface area (Å²) < 4.78 is 24.6. The van der Waals surface area contributed by atoms with Crippen molar-refractivity contribution in [2.24, 2.45) is 0 Å². The summed E-state index contributed by atoms with van der Waals surface area (Å²) in [6.07, 6.45) is -1.99. The van der Waals surface area contributed by atoms with Crippen LogP contribution in [0.5, 0.6) is 0 Å². The van der Waals surface area contributed by atoms with Gasteiger partial charge in [0.25, 0.3) is 6.43 Å². The Morgan fingerprint density at radius 2 is 2.21 bits per heavy atom. The summed E-state index contributed by atoms with van der Waals surface area (Å²) in [4.78, 5) is 23.5. The Balaban J connectivity index is 3.57. The number of aromatic amines is 1. The second kappa shape index (κ2) is 3.79. The van der Waals surface area contributed by atoms with Gasteiger partial charge in [-0.3, -0.25) is 9.59 Å². The fourth-order valence-electron chi connectivity index (χ4n) is 0.950. The lowest BCUT2D eigenvalue weighted by molar-refractivity contribution is 0.112. The Morgan fingerprint density at radius 1 is 1.57 bits per heavy atom. The fourth-order valence-corrected chi connectivity index (χ4v) is 0.950. The number of aromatic nitrogens is 1. The van der Waals surface area contributed by atoms with Crippen LogP contribution in [-0.2, 0) is 0 Å². The zero-order chi connectivity index (χ0) is 10.7. The summed E-state index contributed by atoms with van der Waals surface area (Å²) in [5.41, 5.74) is -3.00. The van der Waals surface area contributed by atoms with Gasteiger partial charge in [-0.25, -0.2) is 8.78 Å². The highest BCUT2D eigenvalue weighted by atomic mass is 19.3. The lowest BCUT2D eigenvalue weighted by Gasteiger charge is -2.01. The molecule has 1 rings (SSSR count). The highest BCUT2D eigenvalue weighted by molar-refractivity contribution is 5.74. The highest BCUT2D eigenvalue weighted by Gasteiger charge is 2.19. The van der Waals surface area contributed by atoms with E-state index in [1.54, 1.807) is 0 Å². The zero-order valence-corrected chi connectivity index (χ0v) is 6.75. The predicted molar refractivity (Wildman–Crippen MR) is 42.1 cm³/mol. The van der Waals surface area contributed by atoms with Crippen LogP contribution in [0.3, 0.4) is 0 Å². The third kappa shape index (κ3) is 1.52. The number of rotatable bonds is 2. The van der Waals surface area contributed by atoms with Gasteiger partial charge in [-0.05, 0) is 0 Å². The molecule has 0 fully saturated rings. The fraction of sp³-hybridized carbons (Fsp3) is 0.125. The van der Waals surface area contributed by atoms with E-state index in [0.29, 0.717) is 0 Å². The maximum absolute atomic E-state index is 12.3. The molecule has 0 aliphatic heterocycles. The molecule has 4 nitrogen and oxygen atoms in total. The van der Waals surface area contributed by atoms with E-state index >= 15 is 0 Å². The van der Waals surface area contributed by atoms with Crippen LogP contribution in [0.1, 0.15) is 28.0 Å². The third-order valence-electron chi connectivity index (χ3n) is 1.61. The molecule has 0 saturated carbocycles. The molecule has 0 atom stereocenters. The standard InChI is InChI=1S/C8H4F2N2O2/c9-8(10)6-5(1-11)12-2-4(3-13)7(6)14/h2-3,8H,(H,12,14). The molecule has 0 aliphatic carbocycles. The van der Waals surface area contributed by atoms with Crippen LogP contribution < -0.4 is 5.43 Å². The van der Waals surface area contributed by atoms with Crippen LogP contribution >= 0.6 is 0 Å². The van der Waals surface area contributed by atoms with Crippen molar-refractivity contribution in [3.8, 4) is 6.07 Å². The van der Waals surface area contributed by atoms with E-state index in [0.717, 1.165) is 6.20 Å². The molecule has 1 N–H and O–H groups in total. The van der Waals surface area contributed by atoms with Gasteiger partial charge < -0.3 is 4.98 Å². The molecule has 0 amide bonds. The first kappa shape index (κ1) is 10.1. The minimum Gasteiger partial charge on any atom is -0.352 e. The number of nitriles is 1.